The molecule has 122 valence electrons. The first kappa shape index (κ1) is 17.8. The van der Waals surface area contributed by atoms with Gasteiger partial charge in [-0.3, -0.25) is 4.79 Å². The van der Waals surface area contributed by atoms with Crippen LogP contribution in [0.3, 0.4) is 0 Å². The molecule has 1 rings (SSSR count). The summed E-state index contributed by atoms with van der Waals surface area (Å²) in [6.45, 7) is 1.65. The molecule has 1 aromatic rings. The van der Waals surface area contributed by atoms with E-state index < -0.39 is 23.7 Å². The second-order valence-electron chi connectivity index (χ2n) is 4.86. The number of hydrogen-bond donors (Lipinski definition) is 2. The van der Waals surface area contributed by atoms with Crippen molar-refractivity contribution < 1.29 is 27.9 Å². The Kier molecular flexibility index (Phi) is 5.78. The Labute approximate surface area is 125 Å². The summed E-state index contributed by atoms with van der Waals surface area (Å²) >= 11 is 0. The Hall–Kier alpha value is -2.25. The molecule has 0 atom stereocenters. The van der Waals surface area contributed by atoms with Gasteiger partial charge in [0, 0.05) is 20.1 Å². The number of nitrogens with one attached hydrogen (secondary N) is 1. The van der Waals surface area contributed by atoms with Gasteiger partial charge in [-0.15, -0.1) is 0 Å². The number of amides is 2. The number of aryl methyl sites for hydroxylation is 1. The first-order valence-electron chi connectivity index (χ1n) is 6.48. The van der Waals surface area contributed by atoms with Crippen molar-refractivity contribution >= 4 is 12.0 Å². The second kappa shape index (κ2) is 7.15. The lowest BCUT2D eigenvalue weighted by Crippen LogP contribution is -2.38. The van der Waals surface area contributed by atoms with E-state index in [1.165, 1.54) is 24.9 Å². The third kappa shape index (κ3) is 5.27. The summed E-state index contributed by atoms with van der Waals surface area (Å²) in [4.78, 5) is 23.3. The molecule has 1 aromatic carbocycles. The van der Waals surface area contributed by atoms with E-state index in [2.05, 4.69) is 5.32 Å². The average molecular weight is 318 g/mol. The Balaban J connectivity index is 2.61. The molecular weight excluding hydrogens is 301 g/mol. The van der Waals surface area contributed by atoms with Gasteiger partial charge in [-0.05, 0) is 30.2 Å². The smallest absolute Gasteiger partial charge is 0.416 e. The molecule has 0 spiro atoms. The van der Waals surface area contributed by atoms with Crippen LogP contribution in [0.4, 0.5) is 18.0 Å². The van der Waals surface area contributed by atoms with E-state index in [-0.39, 0.29) is 19.5 Å². The lowest BCUT2D eigenvalue weighted by Gasteiger charge is -2.18. The third-order valence-corrected chi connectivity index (χ3v) is 3.11. The van der Waals surface area contributed by atoms with Crippen LogP contribution in [0.25, 0.3) is 0 Å². The predicted molar refractivity (Wildman–Crippen MR) is 73.3 cm³/mol. The Morgan fingerprint density at radius 2 is 1.95 bits per heavy atom. The molecule has 0 aliphatic heterocycles. The van der Waals surface area contributed by atoms with E-state index in [0.717, 1.165) is 12.1 Å². The monoisotopic (exact) mass is 318 g/mol. The summed E-state index contributed by atoms with van der Waals surface area (Å²) in [5, 5.41) is 11.1. The van der Waals surface area contributed by atoms with E-state index in [9.17, 15) is 22.8 Å². The van der Waals surface area contributed by atoms with Crippen molar-refractivity contribution in [2.45, 2.75) is 26.1 Å². The van der Waals surface area contributed by atoms with E-state index >= 15 is 0 Å². The highest BCUT2D eigenvalue weighted by atomic mass is 19.4. The van der Waals surface area contributed by atoms with Gasteiger partial charge < -0.3 is 15.3 Å². The molecular formula is C14H17F3N2O3. The van der Waals surface area contributed by atoms with Gasteiger partial charge in [-0.1, -0.05) is 6.07 Å². The van der Waals surface area contributed by atoms with Gasteiger partial charge in [-0.25, -0.2) is 4.79 Å². The summed E-state index contributed by atoms with van der Waals surface area (Å²) in [6.07, 6.45) is -4.58. The quantitative estimate of drug-likeness (QED) is 0.877. The van der Waals surface area contributed by atoms with Gasteiger partial charge in [0.05, 0.1) is 12.0 Å². The maximum atomic E-state index is 12.5. The van der Waals surface area contributed by atoms with Crippen LogP contribution >= 0.6 is 0 Å². The molecule has 2 N–H and O–H groups in total. The number of hydrogen-bond acceptors (Lipinski definition) is 2. The number of carbonyl (C=O) groups excluding carboxylic acids is 1. The number of benzene rings is 1. The van der Waals surface area contributed by atoms with Gasteiger partial charge in [0.15, 0.2) is 0 Å². The predicted octanol–water partition coefficient (Wildman–Crippen LogP) is 2.63. The maximum Gasteiger partial charge on any atom is 0.416 e. The average Bonchev–Trinajstić information content (AvgIpc) is 2.41. The second-order valence-corrected chi connectivity index (χ2v) is 4.86. The van der Waals surface area contributed by atoms with Crippen LogP contribution in [-0.2, 0) is 17.5 Å². The minimum absolute atomic E-state index is 0.0488. The summed E-state index contributed by atoms with van der Waals surface area (Å²) < 4.78 is 37.6. The van der Waals surface area contributed by atoms with Crippen LogP contribution in [0.5, 0.6) is 0 Å². The normalized spacial score (nSPS) is 11.1. The fourth-order valence-electron chi connectivity index (χ4n) is 1.74. The van der Waals surface area contributed by atoms with Crippen molar-refractivity contribution in [1.82, 2.24) is 10.2 Å². The van der Waals surface area contributed by atoms with Crippen LogP contribution < -0.4 is 5.32 Å². The highest BCUT2D eigenvalue weighted by Crippen LogP contribution is 2.30. The number of alkyl halides is 3. The van der Waals surface area contributed by atoms with Gasteiger partial charge >= 0.3 is 18.2 Å². The zero-order valence-corrected chi connectivity index (χ0v) is 12.2. The minimum atomic E-state index is -4.40. The number of carbonyl (C=O) groups is 2. The molecule has 0 fully saturated rings. The number of urea groups is 1. The number of rotatable bonds is 5. The number of halogens is 3. The molecule has 2 amide bonds. The number of carboxylic acids is 1. The van der Waals surface area contributed by atoms with Gasteiger partial charge in [-0.2, -0.15) is 13.2 Å². The largest absolute Gasteiger partial charge is 0.481 e. The van der Waals surface area contributed by atoms with E-state index in [1.54, 1.807) is 0 Å². The lowest BCUT2D eigenvalue weighted by atomic mass is 10.0. The highest BCUT2D eigenvalue weighted by molar-refractivity contribution is 5.75. The van der Waals surface area contributed by atoms with E-state index in [1.807, 2.05) is 0 Å². The van der Waals surface area contributed by atoms with Gasteiger partial charge in [0.25, 0.3) is 0 Å². The van der Waals surface area contributed by atoms with Crippen molar-refractivity contribution in [3.05, 3.63) is 34.9 Å². The molecule has 0 aliphatic rings. The van der Waals surface area contributed by atoms with Crippen LogP contribution in [0, 0.1) is 6.92 Å². The molecule has 22 heavy (non-hydrogen) atoms. The fourth-order valence-corrected chi connectivity index (χ4v) is 1.74. The summed E-state index contributed by atoms with van der Waals surface area (Å²) in [5.74, 6) is -1.02. The van der Waals surface area contributed by atoms with E-state index in [0.29, 0.717) is 11.1 Å². The Morgan fingerprint density at radius 3 is 2.45 bits per heavy atom. The van der Waals surface area contributed by atoms with Crippen LogP contribution in [0.2, 0.25) is 0 Å². The summed E-state index contributed by atoms with van der Waals surface area (Å²) in [5.41, 5.74) is 0.245. The van der Waals surface area contributed by atoms with Crippen LogP contribution in [0.15, 0.2) is 18.2 Å². The maximum absolute atomic E-state index is 12.5. The third-order valence-electron chi connectivity index (χ3n) is 3.11. The topological polar surface area (TPSA) is 69.6 Å². The lowest BCUT2D eigenvalue weighted by molar-refractivity contribution is -0.138. The zero-order chi connectivity index (χ0) is 16.9. The first-order valence-corrected chi connectivity index (χ1v) is 6.48. The molecule has 8 heteroatoms. The summed E-state index contributed by atoms with van der Waals surface area (Å²) in [6, 6.07) is 2.81. The van der Waals surface area contributed by atoms with Gasteiger partial charge in [0.1, 0.15) is 0 Å². The first-order chi connectivity index (χ1) is 10.1. The van der Waals surface area contributed by atoms with Crippen LogP contribution in [0.1, 0.15) is 23.1 Å². The van der Waals surface area contributed by atoms with Crippen molar-refractivity contribution in [3.8, 4) is 0 Å². The van der Waals surface area contributed by atoms with E-state index in [4.69, 9.17) is 5.11 Å². The SMILES string of the molecule is Cc1cc(C(F)(F)F)ccc1CNC(=O)N(C)CCC(=O)O. The standard InChI is InChI=1S/C14H17F3N2O3/c1-9-7-11(14(15,16)17)4-3-10(9)8-18-13(22)19(2)6-5-12(20)21/h3-4,7H,5-6,8H2,1-2H3,(H,18,22)(H,20,21). The van der Waals surface area contributed by atoms with Gasteiger partial charge in [0.2, 0.25) is 0 Å². The number of nitrogens with zero attached hydrogens (tertiary/aromatic N) is 1. The molecule has 0 unspecified atom stereocenters. The summed E-state index contributed by atoms with van der Waals surface area (Å²) in [7, 11) is 1.44. The molecule has 0 heterocycles. The number of carboxylic acid groups (broad SMARTS) is 1. The molecule has 0 radical (unpaired) electrons. The van der Waals surface area contributed by atoms with Crippen LogP contribution in [-0.4, -0.2) is 35.6 Å². The Bertz CT molecular complexity index is 559. The van der Waals surface area contributed by atoms with Crippen molar-refractivity contribution in [1.29, 1.82) is 0 Å². The van der Waals surface area contributed by atoms with Crippen molar-refractivity contribution in [2.75, 3.05) is 13.6 Å². The Morgan fingerprint density at radius 1 is 1.32 bits per heavy atom. The molecule has 0 aliphatic carbocycles. The molecule has 0 bridgehead atoms. The minimum Gasteiger partial charge on any atom is -0.481 e. The fraction of sp³-hybridized carbons (Fsp3) is 0.429. The molecule has 5 nitrogen and oxygen atoms in total. The van der Waals surface area contributed by atoms with Crippen molar-refractivity contribution in [2.24, 2.45) is 0 Å². The molecule has 0 saturated carbocycles. The molecule has 0 aromatic heterocycles. The highest BCUT2D eigenvalue weighted by Gasteiger charge is 2.30. The number of aliphatic carboxylic acids is 1. The van der Waals surface area contributed by atoms with Crippen molar-refractivity contribution in [3.63, 3.8) is 0 Å². The zero-order valence-electron chi connectivity index (χ0n) is 12.2. The molecule has 0 saturated heterocycles.